The quantitative estimate of drug-likeness (QED) is 0.765. The number of carbonyl (C=O) groups is 2. The number of carboxylic acid groups (broad SMARTS) is 1. The van der Waals surface area contributed by atoms with E-state index in [9.17, 15) is 9.59 Å². The number of amides is 1. The maximum atomic E-state index is 11.9. The summed E-state index contributed by atoms with van der Waals surface area (Å²) in [6, 6.07) is 10.4. The molecule has 1 amide bonds. The summed E-state index contributed by atoms with van der Waals surface area (Å²) in [4.78, 5) is 24.5. The summed E-state index contributed by atoms with van der Waals surface area (Å²) < 4.78 is 0. The Kier molecular flexibility index (Phi) is 7.35. The molecule has 22 heavy (non-hydrogen) atoms. The molecule has 2 rings (SSSR count). The van der Waals surface area contributed by atoms with Crippen molar-refractivity contribution < 1.29 is 14.7 Å². The zero-order valence-electron chi connectivity index (χ0n) is 12.7. The predicted octanol–water partition coefficient (Wildman–Crippen LogP) is 1.91. The fraction of sp³-hybridized carbons (Fsp3) is 0.500. The highest BCUT2D eigenvalue weighted by molar-refractivity contribution is 5.85. The number of hydrogen-bond acceptors (Lipinski definition) is 3. The number of rotatable bonds is 8. The number of halogens is 1. The molecule has 0 radical (unpaired) electrons. The lowest BCUT2D eigenvalue weighted by Crippen LogP contribution is -2.43. The maximum Gasteiger partial charge on any atom is 0.322 e. The molecule has 1 aromatic rings. The molecule has 5 nitrogen and oxygen atoms in total. The first-order valence-electron chi connectivity index (χ1n) is 7.32. The molecule has 1 aliphatic carbocycles. The first-order valence-corrected chi connectivity index (χ1v) is 7.32. The van der Waals surface area contributed by atoms with Crippen LogP contribution in [0.1, 0.15) is 25.3 Å². The second-order valence-corrected chi connectivity index (χ2v) is 5.64. The average molecular weight is 327 g/mol. The Bertz CT molecular complexity index is 491. The van der Waals surface area contributed by atoms with Gasteiger partial charge in [-0.25, -0.2) is 0 Å². The van der Waals surface area contributed by atoms with Gasteiger partial charge in [0.2, 0.25) is 5.91 Å². The SMILES string of the molecule is CC(C1CC1)N(CC(=O)NCC(=O)O)Cc1ccccc1.Cl. The number of nitrogens with zero attached hydrogens (tertiary/aromatic N) is 1. The highest BCUT2D eigenvalue weighted by Crippen LogP contribution is 2.35. The monoisotopic (exact) mass is 326 g/mol. The van der Waals surface area contributed by atoms with Crippen LogP contribution in [0.2, 0.25) is 0 Å². The van der Waals surface area contributed by atoms with Crippen molar-refractivity contribution in [3.05, 3.63) is 35.9 Å². The van der Waals surface area contributed by atoms with Gasteiger partial charge in [-0.15, -0.1) is 12.4 Å². The topological polar surface area (TPSA) is 69.6 Å². The van der Waals surface area contributed by atoms with E-state index in [1.165, 1.54) is 12.8 Å². The van der Waals surface area contributed by atoms with E-state index in [1.807, 2.05) is 30.3 Å². The zero-order valence-corrected chi connectivity index (χ0v) is 13.5. The van der Waals surface area contributed by atoms with Crippen molar-refractivity contribution in [2.24, 2.45) is 5.92 Å². The van der Waals surface area contributed by atoms with E-state index >= 15 is 0 Å². The molecule has 1 unspecified atom stereocenters. The van der Waals surface area contributed by atoms with Gasteiger partial charge in [-0.05, 0) is 31.2 Å². The van der Waals surface area contributed by atoms with Crippen LogP contribution in [0.15, 0.2) is 30.3 Å². The molecule has 0 aromatic heterocycles. The van der Waals surface area contributed by atoms with E-state index in [-0.39, 0.29) is 31.4 Å². The maximum absolute atomic E-state index is 11.9. The van der Waals surface area contributed by atoms with Crippen molar-refractivity contribution in [1.29, 1.82) is 0 Å². The molecular weight excluding hydrogens is 304 g/mol. The number of carbonyl (C=O) groups excluding carboxylic acids is 1. The van der Waals surface area contributed by atoms with Crippen LogP contribution in [0.25, 0.3) is 0 Å². The third-order valence-electron chi connectivity index (χ3n) is 3.89. The predicted molar refractivity (Wildman–Crippen MR) is 86.9 cm³/mol. The second kappa shape index (κ2) is 8.76. The lowest BCUT2D eigenvalue weighted by Gasteiger charge is -2.28. The fourth-order valence-electron chi connectivity index (χ4n) is 2.45. The number of nitrogens with one attached hydrogen (secondary N) is 1. The summed E-state index contributed by atoms with van der Waals surface area (Å²) in [6.45, 7) is 2.76. The minimum atomic E-state index is -1.02. The standard InChI is InChI=1S/C16H22N2O3.ClH/c1-12(14-7-8-14)18(10-13-5-3-2-4-6-13)11-15(19)17-9-16(20)21;/h2-6,12,14H,7-11H2,1H3,(H,17,19)(H,20,21);1H. The van der Waals surface area contributed by atoms with Gasteiger partial charge in [-0.1, -0.05) is 30.3 Å². The summed E-state index contributed by atoms with van der Waals surface area (Å²) in [6.07, 6.45) is 2.42. The van der Waals surface area contributed by atoms with Crippen molar-refractivity contribution in [3.8, 4) is 0 Å². The highest BCUT2D eigenvalue weighted by atomic mass is 35.5. The van der Waals surface area contributed by atoms with E-state index in [0.29, 0.717) is 18.5 Å². The van der Waals surface area contributed by atoms with Crippen molar-refractivity contribution >= 4 is 24.3 Å². The normalized spacial score (nSPS) is 15.0. The molecule has 1 atom stereocenters. The minimum Gasteiger partial charge on any atom is -0.480 e. The number of benzene rings is 1. The highest BCUT2D eigenvalue weighted by Gasteiger charge is 2.32. The molecule has 0 spiro atoms. The molecule has 0 aliphatic heterocycles. The van der Waals surface area contributed by atoms with Crippen LogP contribution in [0.5, 0.6) is 0 Å². The van der Waals surface area contributed by atoms with Gasteiger partial charge in [-0.3, -0.25) is 14.5 Å². The smallest absolute Gasteiger partial charge is 0.322 e. The Hall–Kier alpha value is -1.59. The number of aliphatic carboxylic acids is 1. The Morgan fingerprint density at radius 1 is 1.32 bits per heavy atom. The van der Waals surface area contributed by atoms with Crippen LogP contribution in [0.4, 0.5) is 0 Å². The summed E-state index contributed by atoms with van der Waals surface area (Å²) in [5.74, 6) is -0.602. The molecule has 1 aliphatic rings. The summed E-state index contributed by atoms with van der Waals surface area (Å²) in [5, 5.41) is 11.0. The first kappa shape index (κ1) is 18.5. The van der Waals surface area contributed by atoms with Crippen LogP contribution in [0, 0.1) is 5.92 Å². The van der Waals surface area contributed by atoms with E-state index in [1.54, 1.807) is 0 Å². The molecule has 1 fully saturated rings. The molecule has 122 valence electrons. The molecule has 0 heterocycles. The van der Waals surface area contributed by atoms with Crippen LogP contribution in [0.3, 0.4) is 0 Å². The Morgan fingerprint density at radius 3 is 2.50 bits per heavy atom. The van der Waals surface area contributed by atoms with Crippen LogP contribution in [-0.4, -0.2) is 41.0 Å². The number of carboxylic acids is 1. The van der Waals surface area contributed by atoms with Crippen molar-refractivity contribution in [2.75, 3.05) is 13.1 Å². The summed E-state index contributed by atoms with van der Waals surface area (Å²) in [5.41, 5.74) is 1.16. The van der Waals surface area contributed by atoms with Crippen molar-refractivity contribution in [2.45, 2.75) is 32.4 Å². The third-order valence-corrected chi connectivity index (χ3v) is 3.89. The Labute approximate surface area is 137 Å². The lowest BCUT2D eigenvalue weighted by molar-refractivity contribution is -0.138. The van der Waals surface area contributed by atoms with E-state index in [0.717, 1.165) is 5.56 Å². The average Bonchev–Trinajstić information content (AvgIpc) is 3.29. The van der Waals surface area contributed by atoms with Crippen molar-refractivity contribution in [3.63, 3.8) is 0 Å². The molecular formula is C16H23ClN2O3. The second-order valence-electron chi connectivity index (χ2n) is 5.64. The minimum absolute atomic E-state index is 0. The van der Waals surface area contributed by atoms with Crippen molar-refractivity contribution in [1.82, 2.24) is 10.2 Å². The fourth-order valence-corrected chi connectivity index (χ4v) is 2.45. The molecule has 6 heteroatoms. The van der Waals surface area contributed by atoms with Gasteiger partial charge >= 0.3 is 5.97 Å². The van der Waals surface area contributed by atoms with E-state index in [4.69, 9.17) is 5.11 Å². The van der Waals surface area contributed by atoms with Crippen LogP contribution >= 0.6 is 12.4 Å². The van der Waals surface area contributed by atoms with Gasteiger partial charge in [-0.2, -0.15) is 0 Å². The molecule has 1 saturated carbocycles. The Balaban J connectivity index is 0.00000242. The van der Waals surface area contributed by atoms with Gasteiger partial charge in [0, 0.05) is 12.6 Å². The molecule has 1 aromatic carbocycles. The van der Waals surface area contributed by atoms with E-state index in [2.05, 4.69) is 17.1 Å². The van der Waals surface area contributed by atoms with Gasteiger partial charge in [0.25, 0.3) is 0 Å². The van der Waals surface area contributed by atoms with E-state index < -0.39 is 5.97 Å². The molecule has 0 saturated heterocycles. The lowest BCUT2D eigenvalue weighted by atomic mass is 10.1. The van der Waals surface area contributed by atoms with Crippen LogP contribution < -0.4 is 5.32 Å². The third kappa shape index (κ3) is 6.03. The van der Waals surface area contributed by atoms with Gasteiger partial charge < -0.3 is 10.4 Å². The van der Waals surface area contributed by atoms with Crippen LogP contribution in [-0.2, 0) is 16.1 Å². The summed E-state index contributed by atoms with van der Waals surface area (Å²) in [7, 11) is 0. The first-order chi connectivity index (χ1) is 10.1. The Morgan fingerprint density at radius 2 is 1.95 bits per heavy atom. The summed E-state index contributed by atoms with van der Waals surface area (Å²) >= 11 is 0. The van der Waals surface area contributed by atoms with Gasteiger partial charge in [0.05, 0.1) is 6.54 Å². The largest absolute Gasteiger partial charge is 0.480 e. The molecule has 0 bridgehead atoms. The van der Waals surface area contributed by atoms with Gasteiger partial charge in [0.1, 0.15) is 6.54 Å². The molecule has 2 N–H and O–H groups in total. The van der Waals surface area contributed by atoms with Gasteiger partial charge in [0.15, 0.2) is 0 Å². The number of hydrogen-bond donors (Lipinski definition) is 2. The zero-order chi connectivity index (χ0) is 15.2.